The molecule has 2 rings (SSSR count). The number of carbonyl (C=O) groups excluding carboxylic acids is 1. The minimum absolute atomic E-state index is 0.331. The summed E-state index contributed by atoms with van der Waals surface area (Å²) in [6.45, 7) is 7.45. The molecule has 1 aromatic rings. The van der Waals surface area contributed by atoms with Gasteiger partial charge >= 0.3 is 5.97 Å². The van der Waals surface area contributed by atoms with Crippen LogP contribution in [0.5, 0.6) is 0 Å². The smallest absolute Gasteiger partial charge is 0.341 e. The fourth-order valence-electron chi connectivity index (χ4n) is 2.51. The molecule has 1 aliphatic heterocycles. The molecule has 0 unspecified atom stereocenters. The Morgan fingerprint density at radius 2 is 2.00 bits per heavy atom. The number of hydrogen-bond acceptors (Lipinski definition) is 6. The summed E-state index contributed by atoms with van der Waals surface area (Å²) in [6, 6.07) is 0. The number of carbonyl (C=O) groups is 1. The van der Waals surface area contributed by atoms with E-state index in [9.17, 15) is 4.79 Å². The molecule has 0 saturated carbocycles. The second-order valence-corrected chi connectivity index (χ2v) is 6.41. The number of likely N-dealkylation sites (N-methyl/N-ethyl adjacent to an activating group) is 1. The van der Waals surface area contributed by atoms with Crippen molar-refractivity contribution >= 4 is 22.3 Å². The molecular formula is C14H23N3O2S. The molecule has 0 radical (unpaired) electrons. The van der Waals surface area contributed by atoms with Crippen molar-refractivity contribution < 1.29 is 9.53 Å². The standard InChI is InChI=1S/C14H23N3O2S/c1-10-11(20-13(15)12(10)14(18)19-3)4-5-17-8-6-16(2)7-9-17/h4-9,15H2,1-3H3. The van der Waals surface area contributed by atoms with Crippen molar-refractivity contribution in [3.05, 3.63) is 16.0 Å². The van der Waals surface area contributed by atoms with Crippen LogP contribution < -0.4 is 5.73 Å². The number of nitrogens with zero attached hydrogens (tertiary/aromatic N) is 2. The molecule has 0 bridgehead atoms. The number of methoxy groups -OCH3 is 1. The van der Waals surface area contributed by atoms with Crippen LogP contribution in [0.2, 0.25) is 0 Å². The van der Waals surface area contributed by atoms with Crippen LogP contribution in [-0.4, -0.2) is 62.7 Å². The van der Waals surface area contributed by atoms with Gasteiger partial charge in [0.25, 0.3) is 0 Å². The van der Waals surface area contributed by atoms with Gasteiger partial charge in [0.15, 0.2) is 0 Å². The van der Waals surface area contributed by atoms with Crippen molar-refractivity contribution in [3.8, 4) is 0 Å². The maximum Gasteiger partial charge on any atom is 0.341 e. The van der Waals surface area contributed by atoms with Gasteiger partial charge in [0.2, 0.25) is 0 Å². The Kier molecular flexibility index (Phi) is 5.01. The summed E-state index contributed by atoms with van der Waals surface area (Å²) in [7, 11) is 3.55. The average Bonchev–Trinajstić information content (AvgIpc) is 2.72. The van der Waals surface area contributed by atoms with E-state index in [2.05, 4.69) is 16.8 Å². The third kappa shape index (κ3) is 3.31. The van der Waals surface area contributed by atoms with Gasteiger partial charge in [-0.1, -0.05) is 0 Å². The number of rotatable bonds is 4. The first-order valence-electron chi connectivity index (χ1n) is 6.90. The van der Waals surface area contributed by atoms with Gasteiger partial charge in [0.1, 0.15) is 5.00 Å². The van der Waals surface area contributed by atoms with Crippen molar-refractivity contribution in [3.63, 3.8) is 0 Å². The highest BCUT2D eigenvalue weighted by molar-refractivity contribution is 7.16. The predicted molar refractivity (Wildman–Crippen MR) is 82.4 cm³/mol. The highest BCUT2D eigenvalue weighted by Gasteiger charge is 2.21. The van der Waals surface area contributed by atoms with E-state index in [0.717, 1.165) is 44.7 Å². The monoisotopic (exact) mass is 297 g/mol. The van der Waals surface area contributed by atoms with Gasteiger partial charge in [0, 0.05) is 37.6 Å². The van der Waals surface area contributed by atoms with E-state index in [0.29, 0.717) is 10.6 Å². The number of ether oxygens (including phenoxy) is 1. The Morgan fingerprint density at radius 3 is 2.60 bits per heavy atom. The third-order valence-electron chi connectivity index (χ3n) is 3.91. The Hall–Kier alpha value is -1.11. The van der Waals surface area contributed by atoms with Crippen LogP contribution >= 0.6 is 11.3 Å². The summed E-state index contributed by atoms with van der Waals surface area (Å²) in [5, 5.41) is 0.572. The van der Waals surface area contributed by atoms with Crippen molar-refractivity contribution in [2.75, 3.05) is 52.6 Å². The SMILES string of the molecule is COC(=O)c1c(N)sc(CCN2CCN(C)CC2)c1C. The van der Waals surface area contributed by atoms with E-state index in [1.165, 1.54) is 23.3 Å². The number of hydrogen-bond donors (Lipinski definition) is 1. The van der Waals surface area contributed by atoms with Crippen LogP contribution in [0.15, 0.2) is 0 Å². The van der Waals surface area contributed by atoms with Crippen molar-refractivity contribution in [2.45, 2.75) is 13.3 Å². The number of piperazine rings is 1. The summed E-state index contributed by atoms with van der Waals surface area (Å²) >= 11 is 1.51. The molecule has 1 saturated heterocycles. The Balaban J connectivity index is 1.98. The number of anilines is 1. The van der Waals surface area contributed by atoms with Crippen LogP contribution in [-0.2, 0) is 11.2 Å². The van der Waals surface area contributed by atoms with E-state index in [1.54, 1.807) is 0 Å². The molecule has 1 fully saturated rings. The fraction of sp³-hybridized carbons (Fsp3) is 0.643. The lowest BCUT2D eigenvalue weighted by Crippen LogP contribution is -2.45. The van der Waals surface area contributed by atoms with Gasteiger partial charge < -0.3 is 20.3 Å². The van der Waals surface area contributed by atoms with Crippen LogP contribution in [0.25, 0.3) is 0 Å². The molecule has 112 valence electrons. The molecule has 1 aromatic heterocycles. The summed E-state index contributed by atoms with van der Waals surface area (Å²) in [6.07, 6.45) is 0.946. The first kappa shape index (κ1) is 15.3. The lowest BCUT2D eigenvalue weighted by Gasteiger charge is -2.32. The zero-order valence-corrected chi connectivity index (χ0v) is 13.3. The van der Waals surface area contributed by atoms with Crippen LogP contribution in [0.3, 0.4) is 0 Å². The zero-order valence-electron chi connectivity index (χ0n) is 12.4. The third-order valence-corrected chi connectivity index (χ3v) is 5.09. The highest BCUT2D eigenvalue weighted by atomic mass is 32.1. The second kappa shape index (κ2) is 6.56. The summed E-state index contributed by atoms with van der Waals surface area (Å²) in [5.41, 5.74) is 7.47. The summed E-state index contributed by atoms with van der Waals surface area (Å²) in [5.74, 6) is -0.331. The van der Waals surface area contributed by atoms with Gasteiger partial charge in [-0.05, 0) is 26.0 Å². The Labute approximate surface area is 124 Å². The van der Waals surface area contributed by atoms with E-state index in [1.807, 2.05) is 6.92 Å². The molecule has 0 aliphatic carbocycles. The largest absolute Gasteiger partial charge is 0.465 e. The lowest BCUT2D eigenvalue weighted by molar-refractivity contribution is 0.0601. The Bertz CT molecular complexity index is 479. The highest BCUT2D eigenvalue weighted by Crippen LogP contribution is 2.31. The number of nitrogen functional groups attached to an aromatic ring is 1. The predicted octanol–water partition coefficient (Wildman–Crippen LogP) is 1.22. The number of nitrogens with two attached hydrogens (primary N) is 1. The minimum Gasteiger partial charge on any atom is -0.465 e. The molecule has 6 heteroatoms. The maximum absolute atomic E-state index is 11.7. The molecule has 0 amide bonds. The second-order valence-electron chi connectivity index (χ2n) is 5.28. The molecule has 5 nitrogen and oxygen atoms in total. The van der Waals surface area contributed by atoms with Gasteiger partial charge in [-0.2, -0.15) is 0 Å². The van der Waals surface area contributed by atoms with Crippen LogP contribution in [0.1, 0.15) is 20.8 Å². The summed E-state index contributed by atoms with van der Waals surface area (Å²) < 4.78 is 4.79. The maximum atomic E-state index is 11.7. The van der Waals surface area contributed by atoms with E-state index >= 15 is 0 Å². The van der Waals surface area contributed by atoms with Gasteiger partial charge in [-0.25, -0.2) is 4.79 Å². The lowest BCUT2D eigenvalue weighted by atomic mass is 10.1. The van der Waals surface area contributed by atoms with E-state index in [-0.39, 0.29) is 5.97 Å². The molecule has 0 aromatic carbocycles. The number of esters is 1. The average molecular weight is 297 g/mol. The van der Waals surface area contributed by atoms with Crippen LogP contribution in [0, 0.1) is 6.92 Å². The topological polar surface area (TPSA) is 58.8 Å². The molecular weight excluding hydrogens is 274 g/mol. The minimum atomic E-state index is -0.331. The van der Waals surface area contributed by atoms with Gasteiger partial charge in [0.05, 0.1) is 12.7 Å². The first-order chi connectivity index (χ1) is 9.52. The Morgan fingerprint density at radius 1 is 1.35 bits per heavy atom. The number of thiophene rings is 1. The summed E-state index contributed by atoms with van der Waals surface area (Å²) in [4.78, 5) is 17.7. The van der Waals surface area contributed by atoms with Gasteiger partial charge in [-0.3, -0.25) is 0 Å². The molecule has 2 N–H and O–H groups in total. The van der Waals surface area contributed by atoms with Gasteiger partial charge in [-0.15, -0.1) is 11.3 Å². The molecule has 1 aliphatic rings. The van der Waals surface area contributed by atoms with Crippen LogP contribution in [0.4, 0.5) is 5.00 Å². The molecule has 0 spiro atoms. The molecule has 20 heavy (non-hydrogen) atoms. The normalized spacial score (nSPS) is 17.4. The van der Waals surface area contributed by atoms with Crippen molar-refractivity contribution in [1.29, 1.82) is 0 Å². The van der Waals surface area contributed by atoms with E-state index in [4.69, 9.17) is 10.5 Å². The fourth-order valence-corrected chi connectivity index (χ4v) is 3.56. The molecule has 0 atom stereocenters. The van der Waals surface area contributed by atoms with Crippen molar-refractivity contribution in [2.24, 2.45) is 0 Å². The molecule has 2 heterocycles. The first-order valence-corrected chi connectivity index (χ1v) is 7.71. The van der Waals surface area contributed by atoms with Crippen molar-refractivity contribution in [1.82, 2.24) is 9.80 Å². The van der Waals surface area contributed by atoms with E-state index < -0.39 is 0 Å². The zero-order chi connectivity index (χ0) is 14.7. The quantitative estimate of drug-likeness (QED) is 0.847.